The Morgan fingerprint density at radius 1 is 1.10 bits per heavy atom. The third-order valence-corrected chi connectivity index (χ3v) is 6.89. The summed E-state index contributed by atoms with van der Waals surface area (Å²) in [4.78, 5) is 7.00. The summed E-state index contributed by atoms with van der Waals surface area (Å²) >= 11 is 0. The summed E-state index contributed by atoms with van der Waals surface area (Å²) in [6.07, 6.45) is 5.37. The normalized spacial score (nSPS) is 16.5. The van der Waals surface area contributed by atoms with Crippen molar-refractivity contribution in [1.29, 1.82) is 0 Å². The number of likely N-dealkylation sites (tertiary alicyclic amines) is 1. The van der Waals surface area contributed by atoms with Gasteiger partial charge in [0.05, 0.1) is 23.0 Å². The van der Waals surface area contributed by atoms with Crippen LogP contribution in [0.15, 0.2) is 63.0 Å². The SMILES string of the molecule is CN=C(NCCS(=O)(=O)c1ccccc1)NCC(c1ccco1)N1CCCCC1.I. The van der Waals surface area contributed by atoms with Crippen LogP contribution in [-0.4, -0.2) is 58.3 Å². The Kier molecular flexibility index (Phi) is 10.1. The highest BCUT2D eigenvalue weighted by atomic mass is 127. The molecule has 1 aliphatic heterocycles. The van der Waals surface area contributed by atoms with Crippen molar-refractivity contribution < 1.29 is 12.8 Å². The van der Waals surface area contributed by atoms with Crippen LogP contribution in [0.4, 0.5) is 0 Å². The Bertz CT molecular complexity index is 867. The molecule has 0 radical (unpaired) electrons. The van der Waals surface area contributed by atoms with Crippen LogP contribution in [0.3, 0.4) is 0 Å². The number of hydrogen-bond acceptors (Lipinski definition) is 5. The minimum absolute atomic E-state index is 0. The van der Waals surface area contributed by atoms with Gasteiger partial charge in [0.25, 0.3) is 0 Å². The van der Waals surface area contributed by atoms with E-state index in [-0.39, 0.29) is 42.3 Å². The van der Waals surface area contributed by atoms with E-state index in [1.54, 1.807) is 43.6 Å². The van der Waals surface area contributed by atoms with Gasteiger partial charge < -0.3 is 15.1 Å². The lowest BCUT2D eigenvalue weighted by Gasteiger charge is -2.33. The molecule has 1 saturated heterocycles. The Balaban J connectivity index is 0.00000320. The zero-order valence-corrected chi connectivity index (χ0v) is 20.4. The van der Waals surface area contributed by atoms with E-state index in [1.807, 2.05) is 12.1 Å². The minimum atomic E-state index is -3.32. The van der Waals surface area contributed by atoms with E-state index in [0.29, 0.717) is 17.4 Å². The lowest BCUT2D eigenvalue weighted by atomic mass is 10.1. The summed E-state index contributed by atoms with van der Waals surface area (Å²) in [5, 5.41) is 6.43. The molecule has 9 heteroatoms. The number of halogens is 1. The minimum Gasteiger partial charge on any atom is -0.468 e. The molecule has 3 rings (SSSR count). The molecule has 1 unspecified atom stereocenters. The van der Waals surface area contributed by atoms with E-state index >= 15 is 0 Å². The number of aliphatic imine (C=N–C) groups is 1. The number of guanidine groups is 1. The van der Waals surface area contributed by atoms with Gasteiger partial charge in [0.15, 0.2) is 15.8 Å². The number of nitrogens with one attached hydrogen (secondary N) is 2. The molecule has 0 aliphatic carbocycles. The second kappa shape index (κ2) is 12.3. The van der Waals surface area contributed by atoms with Crippen LogP contribution in [0.5, 0.6) is 0 Å². The smallest absolute Gasteiger partial charge is 0.191 e. The maximum atomic E-state index is 12.4. The van der Waals surface area contributed by atoms with Gasteiger partial charge in [-0.15, -0.1) is 24.0 Å². The topological polar surface area (TPSA) is 86.9 Å². The van der Waals surface area contributed by atoms with Crippen LogP contribution >= 0.6 is 24.0 Å². The van der Waals surface area contributed by atoms with Crippen LogP contribution < -0.4 is 10.6 Å². The van der Waals surface area contributed by atoms with Gasteiger partial charge >= 0.3 is 0 Å². The van der Waals surface area contributed by atoms with Gasteiger partial charge in [0.2, 0.25) is 0 Å². The summed E-state index contributed by atoms with van der Waals surface area (Å²) < 4.78 is 30.5. The Labute approximate surface area is 196 Å². The monoisotopic (exact) mass is 546 g/mol. The summed E-state index contributed by atoms with van der Waals surface area (Å²) in [6, 6.07) is 12.5. The summed E-state index contributed by atoms with van der Waals surface area (Å²) in [6.45, 7) is 3.02. The Morgan fingerprint density at radius 3 is 2.47 bits per heavy atom. The molecule has 2 aromatic rings. The first-order valence-electron chi connectivity index (χ1n) is 10.1. The second-order valence-corrected chi connectivity index (χ2v) is 9.25. The van der Waals surface area contributed by atoms with E-state index in [0.717, 1.165) is 18.8 Å². The fourth-order valence-electron chi connectivity index (χ4n) is 3.58. The maximum Gasteiger partial charge on any atom is 0.191 e. The van der Waals surface area contributed by atoms with Crippen molar-refractivity contribution in [3.63, 3.8) is 0 Å². The van der Waals surface area contributed by atoms with Gasteiger partial charge in [-0.25, -0.2) is 8.42 Å². The highest BCUT2D eigenvalue weighted by Crippen LogP contribution is 2.24. The summed E-state index contributed by atoms with van der Waals surface area (Å²) in [5.74, 6) is 1.52. The van der Waals surface area contributed by atoms with Crippen molar-refractivity contribution >= 4 is 39.8 Å². The molecule has 1 aromatic heterocycles. The van der Waals surface area contributed by atoms with E-state index in [4.69, 9.17) is 4.42 Å². The van der Waals surface area contributed by atoms with Gasteiger partial charge in [-0.3, -0.25) is 9.89 Å². The van der Waals surface area contributed by atoms with Gasteiger partial charge in [-0.1, -0.05) is 24.6 Å². The van der Waals surface area contributed by atoms with Crippen LogP contribution in [0.25, 0.3) is 0 Å². The van der Waals surface area contributed by atoms with Crippen LogP contribution in [0.2, 0.25) is 0 Å². The number of furan rings is 1. The van der Waals surface area contributed by atoms with Crippen molar-refractivity contribution in [2.45, 2.75) is 30.2 Å². The third-order valence-electron chi connectivity index (χ3n) is 5.16. The van der Waals surface area contributed by atoms with Gasteiger partial charge in [0, 0.05) is 20.1 Å². The van der Waals surface area contributed by atoms with Crippen molar-refractivity contribution in [2.75, 3.05) is 39.0 Å². The zero-order valence-electron chi connectivity index (χ0n) is 17.3. The number of sulfone groups is 1. The number of piperidine rings is 1. The molecule has 2 N–H and O–H groups in total. The van der Waals surface area contributed by atoms with Gasteiger partial charge in [-0.05, 0) is 50.2 Å². The first-order valence-corrected chi connectivity index (χ1v) is 11.7. The molecule has 2 heterocycles. The molecule has 1 aliphatic rings. The molecule has 0 amide bonds. The predicted molar refractivity (Wildman–Crippen MR) is 130 cm³/mol. The van der Waals surface area contributed by atoms with Gasteiger partial charge in [-0.2, -0.15) is 0 Å². The maximum absolute atomic E-state index is 12.4. The first kappa shape index (κ1) is 24.7. The standard InChI is InChI=1S/C21H30N4O3S.HI/c1-22-21(23-12-16-29(26,27)18-9-4-2-5-10-18)24-17-19(20-11-8-15-28-20)25-13-6-3-7-14-25;/h2,4-5,8-11,15,19H,3,6-7,12-14,16-17H2,1H3,(H2,22,23,24);1H. The largest absolute Gasteiger partial charge is 0.468 e. The van der Waals surface area contributed by atoms with Crippen molar-refractivity contribution in [2.24, 2.45) is 4.99 Å². The quantitative estimate of drug-likeness (QED) is 0.301. The molecule has 30 heavy (non-hydrogen) atoms. The lowest BCUT2D eigenvalue weighted by molar-refractivity contribution is 0.146. The molecule has 7 nitrogen and oxygen atoms in total. The van der Waals surface area contributed by atoms with Crippen molar-refractivity contribution in [3.8, 4) is 0 Å². The number of hydrogen-bond donors (Lipinski definition) is 2. The Hall–Kier alpha value is -1.59. The highest BCUT2D eigenvalue weighted by Gasteiger charge is 2.24. The zero-order chi connectivity index (χ0) is 20.5. The highest BCUT2D eigenvalue weighted by molar-refractivity contribution is 14.0. The Morgan fingerprint density at radius 2 is 1.83 bits per heavy atom. The second-order valence-electron chi connectivity index (χ2n) is 7.14. The molecule has 0 saturated carbocycles. The van der Waals surface area contributed by atoms with Crippen molar-refractivity contribution in [1.82, 2.24) is 15.5 Å². The van der Waals surface area contributed by atoms with E-state index < -0.39 is 9.84 Å². The first-order chi connectivity index (χ1) is 14.1. The van der Waals surface area contributed by atoms with Crippen LogP contribution in [0, 0.1) is 0 Å². The predicted octanol–water partition coefficient (Wildman–Crippen LogP) is 3.06. The average molecular weight is 546 g/mol. The number of rotatable bonds is 8. The molecule has 166 valence electrons. The third kappa shape index (κ3) is 6.98. The van der Waals surface area contributed by atoms with Crippen molar-refractivity contribution in [3.05, 3.63) is 54.5 Å². The van der Waals surface area contributed by atoms with Crippen LogP contribution in [-0.2, 0) is 9.84 Å². The molecular formula is C21H31IN4O3S. The fourth-order valence-corrected chi connectivity index (χ4v) is 4.76. The summed E-state index contributed by atoms with van der Waals surface area (Å²) in [5.41, 5.74) is 0. The molecule has 1 fully saturated rings. The fraction of sp³-hybridized carbons (Fsp3) is 0.476. The molecule has 1 aromatic carbocycles. The summed E-state index contributed by atoms with van der Waals surface area (Å²) in [7, 11) is -1.63. The number of nitrogens with zero attached hydrogens (tertiary/aromatic N) is 2. The number of benzene rings is 1. The molecule has 0 spiro atoms. The lowest BCUT2D eigenvalue weighted by Crippen LogP contribution is -2.45. The molecule has 0 bridgehead atoms. The van der Waals surface area contributed by atoms with Crippen LogP contribution in [0.1, 0.15) is 31.1 Å². The molecule has 1 atom stereocenters. The van der Waals surface area contributed by atoms with E-state index in [2.05, 4.69) is 20.5 Å². The molecular weight excluding hydrogens is 515 g/mol. The average Bonchev–Trinajstić information content (AvgIpc) is 3.28. The van der Waals surface area contributed by atoms with E-state index in [1.165, 1.54) is 19.3 Å². The van der Waals surface area contributed by atoms with E-state index in [9.17, 15) is 8.42 Å². The van der Waals surface area contributed by atoms with Gasteiger partial charge in [0.1, 0.15) is 5.76 Å².